The molecule has 0 radical (unpaired) electrons. The van der Waals surface area contributed by atoms with Gasteiger partial charge in [0.05, 0.1) is 18.7 Å². The Morgan fingerprint density at radius 2 is 1.97 bits per heavy atom. The van der Waals surface area contributed by atoms with Gasteiger partial charge in [0.1, 0.15) is 11.5 Å². The molecule has 6 rings (SSSR count). The van der Waals surface area contributed by atoms with E-state index in [0.29, 0.717) is 22.2 Å². The molecule has 2 saturated heterocycles. The Bertz CT molecular complexity index is 1180. The predicted molar refractivity (Wildman–Crippen MR) is 125 cm³/mol. The topological polar surface area (TPSA) is 54.8 Å². The quantitative estimate of drug-likeness (QED) is 0.530. The third kappa shape index (κ3) is 2.88. The second kappa shape index (κ2) is 7.34. The van der Waals surface area contributed by atoms with E-state index in [-0.39, 0.29) is 6.04 Å². The Morgan fingerprint density at radius 1 is 1.19 bits per heavy atom. The monoisotopic (exact) mass is 450 g/mol. The van der Waals surface area contributed by atoms with Gasteiger partial charge in [-0.05, 0) is 79.3 Å². The van der Waals surface area contributed by atoms with Crippen LogP contribution in [0.25, 0.3) is 10.9 Å². The molecule has 6 heteroatoms. The number of nitrogens with zero attached hydrogens (tertiary/aromatic N) is 2. The predicted octanol–water partition coefficient (Wildman–Crippen LogP) is 5.60. The van der Waals surface area contributed by atoms with Gasteiger partial charge in [-0.15, -0.1) is 0 Å². The number of rotatable bonds is 6. The smallest absolute Gasteiger partial charge is 0.220 e. The average Bonchev–Trinajstić information content (AvgIpc) is 3.37. The number of hydrogen-bond donors (Lipinski definition) is 1. The van der Waals surface area contributed by atoms with Gasteiger partial charge in [-0.1, -0.05) is 24.9 Å². The number of aromatic nitrogens is 1. The fraction of sp³-hybridized carbons (Fsp3) is 0.423. The van der Waals surface area contributed by atoms with Crippen molar-refractivity contribution in [3.63, 3.8) is 0 Å². The summed E-state index contributed by atoms with van der Waals surface area (Å²) in [6, 6.07) is 15.0. The van der Waals surface area contributed by atoms with E-state index >= 15 is 0 Å². The van der Waals surface area contributed by atoms with E-state index in [4.69, 9.17) is 26.1 Å². The van der Waals surface area contributed by atoms with Crippen LogP contribution in [0.2, 0.25) is 5.02 Å². The molecule has 1 spiro atoms. The van der Waals surface area contributed by atoms with E-state index in [2.05, 4.69) is 11.8 Å². The van der Waals surface area contributed by atoms with Crippen LogP contribution in [0.1, 0.15) is 37.9 Å². The number of hydrogen-bond acceptors (Lipinski definition) is 5. The third-order valence-electron chi connectivity index (χ3n) is 8.00. The SMILES string of the molecule is CCC1C2CCN3C([C@H](O)c4cc(Oc5ccc(Cl)cc5)nc5ccc(OC)cc45)CC123. The summed E-state index contributed by atoms with van der Waals surface area (Å²) in [5.74, 6) is 3.50. The Hall–Kier alpha value is -2.34. The first-order valence-electron chi connectivity index (χ1n) is 11.4. The maximum Gasteiger partial charge on any atom is 0.220 e. The molecule has 1 aromatic heterocycles. The number of piperidine rings is 1. The van der Waals surface area contributed by atoms with Crippen molar-refractivity contribution in [1.29, 1.82) is 0 Å². The number of benzene rings is 2. The zero-order chi connectivity index (χ0) is 22.0. The van der Waals surface area contributed by atoms with Gasteiger partial charge >= 0.3 is 0 Å². The van der Waals surface area contributed by atoms with E-state index in [0.717, 1.165) is 47.0 Å². The highest BCUT2D eigenvalue weighted by atomic mass is 35.5. The normalized spacial score (nSPS) is 29.2. The highest BCUT2D eigenvalue weighted by molar-refractivity contribution is 6.30. The van der Waals surface area contributed by atoms with Crippen molar-refractivity contribution in [2.75, 3.05) is 13.7 Å². The lowest BCUT2D eigenvalue weighted by atomic mass is 9.82. The molecule has 3 heterocycles. The molecule has 4 unspecified atom stereocenters. The van der Waals surface area contributed by atoms with Crippen LogP contribution in [0.3, 0.4) is 0 Å². The zero-order valence-corrected chi connectivity index (χ0v) is 19.0. The van der Waals surface area contributed by atoms with Crippen LogP contribution >= 0.6 is 11.6 Å². The largest absolute Gasteiger partial charge is 0.497 e. The van der Waals surface area contributed by atoms with Crippen molar-refractivity contribution in [3.05, 3.63) is 59.1 Å². The Labute approximate surface area is 192 Å². The van der Waals surface area contributed by atoms with Crippen molar-refractivity contribution in [1.82, 2.24) is 9.88 Å². The molecule has 0 amide bonds. The summed E-state index contributed by atoms with van der Waals surface area (Å²) < 4.78 is 11.5. The lowest BCUT2D eigenvalue weighted by molar-refractivity contribution is -0.0689. The van der Waals surface area contributed by atoms with Crippen molar-refractivity contribution >= 4 is 22.5 Å². The maximum atomic E-state index is 11.6. The van der Waals surface area contributed by atoms with Crippen molar-refractivity contribution < 1.29 is 14.6 Å². The van der Waals surface area contributed by atoms with Crippen LogP contribution < -0.4 is 9.47 Å². The highest BCUT2D eigenvalue weighted by Crippen LogP contribution is 2.71. The summed E-state index contributed by atoms with van der Waals surface area (Å²) in [7, 11) is 1.65. The van der Waals surface area contributed by atoms with E-state index < -0.39 is 6.10 Å². The van der Waals surface area contributed by atoms with E-state index in [1.54, 1.807) is 19.2 Å². The van der Waals surface area contributed by atoms with Gasteiger partial charge in [0.25, 0.3) is 0 Å². The average molecular weight is 451 g/mol. The first-order valence-corrected chi connectivity index (χ1v) is 11.8. The minimum atomic E-state index is -0.609. The molecule has 5 atom stereocenters. The maximum absolute atomic E-state index is 11.6. The van der Waals surface area contributed by atoms with Gasteiger partial charge in [0.2, 0.25) is 5.88 Å². The van der Waals surface area contributed by atoms with Gasteiger partial charge < -0.3 is 14.6 Å². The summed E-state index contributed by atoms with van der Waals surface area (Å²) in [4.78, 5) is 7.26. The molecule has 1 aliphatic carbocycles. The molecule has 1 saturated carbocycles. The number of fused-ring (bicyclic) bond motifs is 1. The fourth-order valence-corrected chi connectivity index (χ4v) is 6.68. The van der Waals surface area contributed by atoms with Crippen LogP contribution in [0, 0.1) is 11.8 Å². The molecule has 0 bridgehead atoms. The molecule has 1 N–H and O–H groups in total. The van der Waals surface area contributed by atoms with E-state index in [1.165, 1.54) is 12.8 Å². The summed E-state index contributed by atoms with van der Waals surface area (Å²) in [6.07, 6.45) is 2.96. The number of ether oxygens (including phenoxy) is 2. The van der Waals surface area contributed by atoms with Crippen LogP contribution in [0.15, 0.2) is 48.5 Å². The number of pyridine rings is 1. The number of halogens is 1. The molecular weight excluding hydrogens is 424 g/mol. The third-order valence-corrected chi connectivity index (χ3v) is 8.25. The molecule has 3 aliphatic rings. The second-order valence-corrected chi connectivity index (χ2v) is 9.74. The van der Waals surface area contributed by atoms with Crippen LogP contribution in [0.4, 0.5) is 0 Å². The molecule has 3 aromatic rings. The van der Waals surface area contributed by atoms with Crippen molar-refractivity contribution in [2.45, 2.75) is 43.9 Å². The second-order valence-electron chi connectivity index (χ2n) is 9.30. The molecule has 5 nitrogen and oxygen atoms in total. The van der Waals surface area contributed by atoms with E-state index in [1.807, 2.05) is 36.4 Å². The number of aliphatic hydroxyl groups excluding tert-OH is 1. The number of methoxy groups -OCH3 is 1. The summed E-state index contributed by atoms with van der Waals surface area (Å²) >= 11 is 6.00. The van der Waals surface area contributed by atoms with Gasteiger partial charge in [-0.25, -0.2) is 4.98 Å². The van der Waals surface area contributed by atoms with Crippen LogP contribution in [-0.2, 0) is 0 Å². The summed E-state index contributed by atoms with van der Waals surface area (Å²) in [5.41, 5.74) is 1.98. The summed E-state index contributed by atoms with van der Waals surface area (Å²) in [5, 5.41) is 13.1. The standard InChI is InChI=1S/C26H27ClN2O3/c1-3-20-21-10-11-29-23(14-26(20,21)29)25(30)19-13-24(32-16-6-4-15(27)5-7-16)28-22-9-8-17(31-2)12-18(19)22/h4-9,12-13,20-21,23,25,30H,3,10-11,14H2,1-2H3/t20?,21?,23?,25-,26?/m1/s1. The summed E-state index contributed by atoms with van der Waals surface area (Å²) in [6.45, 7) is 3.38. The molecule has 2 aromatic carbocycles. The minimum absolute atomic E-state index is 0.136. The first kappa shape index (κ1) is 20.3. The molecule has 2 aliphatic heterocycles. The van der Waals surface area contributed by atoms with Crippen LogP contribution in [0.5, 0.6) is 17.4 Å². The number of aliphatic hydroxyl groups is 1. The van der Waals surface area contributed by atoms with E-state index in [9.17, 15) is 5.11 Å². The zero-order valence-electron chi connectivity index (χ0n) is 18.3. The first-order chi connectivity index (χ1) is 15.5. The van der Waals surface area contributed by atoms with Gasteiger partial charge in [-0.3, -0.25) is 4.90 Å². The van der Waals surface area contributed by atoms with Crippen molar-refractivity contribution in [3.8, 4) is 17.4 Å². The fourth-order valence-electron chi connectivity index (χ4n) is 6.56. The minimum Gasteiger partial charge on any atom is -0.497 e. The lowest BCUT2D eigenvalue weighted by Crippen LogP contribution is -2.59. The van der Waals surface area contributed by atoms with Gasteiger partial charge in [0, 0.05) is 28.1 Å². The lowest BCUT2D eigenvalue weighted by Gasteiger charge is -2.51. The Morgan fingerprint density at radius 3 is 2.69 bits per heavy atom. The Balaban J connectivity index is 1.37. The van der Waals surface area contributed by atoms with Gasteiger partial charge in [0.15, 0.2) is 0 Å². The molecular formula is C26H27ClN2O3. The van der Waals surface area contributed by atoms with Gasteiger partial charge in [-0.2, -0.15) is 0 Å². The molecule has 3 fully saturated rings. The molecule has 32 heavy (non-hydrogen) atoms. The Kier molecular flexibility index (Phi) is 4.65. The van der Waals surface area contributed by atoms with Crippen molar-refractivity contribution in [2.24, 2.45) is 11.8 Å². The van der Waals surface area contributed by atoms with Crippen LogP contribution in [-0.4, -0.2) is 40.2 Å². The highest BCUT2D eigenvalue weighted by Gasteiger charge is 2.76. The molecule has 166 valence electrons.